The number of nitrogens with one attached hydrogen (secondary N) is 1. The van der Waals surface area contributed by atoms with Crippen LogP contribution in [0, 0.1) is 0 Å². The summed E-state index contributed by atoms with van der Waals surface area (Å²) in [4.78, 5) is 11.5. The summed E-state index contributed by atoms with van der Waals surface area (Å²) in [7, 11) is 0. The quantitative estimate of drug-likeness (QED) is 0.827. The lowest BCUT2D eigenvalue weighted by atomic mass is 10.1. The number of amides is 1. The van der Waals surface area contributed by atoms with Crippen molar-refractivity contribution < 1.29 is 4.79 Å². The first-order valence-corrected chi connectivity index (χ1v) is 6.28. The van der Waals surface area contributed by atoms with E-state index in [4.69, 9.17) is 5.73 Å². The molecule has 3 N–H and O–H groups in total. The highest BCUT2D eigenvalue weighted by atomic mass is 16.1. The number of fused-ring (bicyclic) bond motifs is 1. The van der Waals surface area contributed by atoms with E-state index in [1.54, 1.807) is 0 Å². The molecule has 0 aromatic heterocycles. The molecule has 1 atom stereocenters. The van der Waals surface area contributed by atoms with Crippen LogP contribution in [0.1, 0.15) is 36.5 Å². The fourth-order valence-electron chi connectivity index (χ4n) is 2.30. The molecule has 1 aromatic rings. The molecular weight excluding hydrogens is 212 g/mol. The van der Waals surface area contributed by atoms with Crippen LogP contribution in [0.15, 0.2) is 18.2 Å². The van der Waals surface area contributed by atoms with Gasteiger partial charge in [-0.15, -0.1) is 0 Å². The smallest absolute Gasteiger partial charge is 0.221 e. The molecule has 1 unspecified atom stereocenters. The summed E-state index contributed by atoms with van der Waals surface area (Å²) >= 11 is 0. The third-order valence-electron chi connectivity index (χ3n) is 3.16. The van der Waals surface area contributed by atoms with Crippen molar-refractivity contribution in [3.8, 4) is 0 Å². The molecular formula is C14H20N2O. The summed E-state index contributed by atoms with van der Waals surface area (Å²) in [5.74, 6) is 0.0282. The molecule has 0 saturated carbocycles. The Balaban J connectivity index is 1.89. The van der Waals surface area contributed by atoms with Gasteiger partial charge < -0.3 is 11.1 Å². The molecule has 1 amide bonds. The van der Waals surface area contributed by atoms with Crippen molar-refractivity contribution in [2.45, 2.75) is 45.2 Å². The van der Waals surface area contributed by atoms with E-state index in [-0.39, 0.29) is 11.9 Å². The van der Waals surface area contributed by atoms with Crippen LogP contribution in [0.5, 0.6) is 0 Å². The topological polar surface area (TPSA) is 55.1 Å². The molecule has 0 aliphatic heterocycles. The average Bonchev–Trinajstić information content (AvgIpc) is 2.72. The first-order chi connectivity index (χ1) is 8.15. The molecule has 1 aromatic carbocycles. The third-order valence-corrected chi connectivity index (χ3v) is 3.16. The number of hydrogen-bond acceptors (Lipinski definition) is 2. The fourth-order valence-corrected chi connectivity index (χ4v) is 2.30. The largest absolute Gasteiger partial charge is 0.352 e. The highest BCUT2D eigenvalue weighted by Crippen LogP contribution is 2.22. The van der Waals surface area contributed by atoms with Gasteiger partial charge in [0.05, 0.1) is 0 Å². The minimum atomic E-state index is -0.0741. The molecule has 1 aliphatic carbocycles. The lowest BCUT2D eigenvalue weighted by molar-refractivity contribution is -0.121. The van der Waals surface area contributed by atoms with E-state index in [0.717, 1.165) is 0 Å². The Hall–Kier alpha value is -1.35. The SMILES string of the molecule is CC(N)CC(=O)NCc1ccc2c(c1)CCC2. The summed E-state index contributed by atoms with van der Waals surface area (Å²) in [6, 6.07) is 6.44. The van der Waals surface area contributed by atoms with E-state index in [2.05, 4.69) is 23.5 Å². The van der Waals surface area contributed by atoms with E-state index >= 15 is 0 Å². The zero-order chi connectivity index (χ0) is 12.3. The highest BCUT2D eigenvalue weighted by Gasteiger charge is 2.11. The second-order valence-electron chi connectivity index (χ2n) is 4.91. The standard InChI is InChI=1S/C14H20N2O/c1-10(15)7-14(17)16-9-11-5-6-12-3-2-4-13(12)8-11/h5-6,8,10H,2-4,7,9,15H2,1H3,(H,16,17). The van der Waals surface area contributed by atoms with Crippen molar-refractivity contribution in [1.82, 2.24) is 5.32 Å². The molecule has 0 bridgehead atoms. The van der Waals surface area contributed by atoms with Gasteiger partial charge in [0.1, 0.15) is 0 Å². The molecule has 0 radical (unpaired) electrons. The third kappa shape index (κ3) is 3.30. The maximum absolute atomic E-state index is 11.5. The molecule has 92 valence electrons. The van der Waals surface area contributed by atoms with Gasteiger partial charge in [-0.2, -0.15) is 0 Å². The normalized spacial score (nSPS) is 15.4. The van der Waals surface area contributed by atoms with E-state index in [1.165, 1.54) is 36.0 Å². The summed E-state index contributed by atoms with van der Waals surface area (Å²) in [6.45, 7) is 2.45. The molecule has 0 saturated heterocycles. The van der Waals surface area contributed by atoms with Crippen LogP contribution in [-0.4, -0.2) is 11.9 Å². The lowest BCUT2D eigenvalue weighted by Gasteiger charge is -2.08. The Labute approximate surface area is 102 Å². The summed E-state index contributed by atoms with van der Waals surface area (Å²) in [5.41, 5.74) is 9.68. The minimum Gasteiger partial charge on any atom is -0.352 e. The number of nitrogens with two attached hydrogens (primary N) is 1. The first-order valence-electron chi connectivity index (χ1n) is 6.28. The zero-order valence-electron chi connectivity index (χ0n) is 10.3. The maximum atomic E-state index is 11.5. The van der Waals surface area contributed by atoms with Gasteiger partial charge in [0.25, 0.3) is 0 Å². The predicted molar refractivity (Wildman–Crippen MR) is 68.6 cm³/mol. The maximum Gasteiger partial charge on any atom is 0.221 e. The Morgan fingerprint density at radius 3 is 2.94 bits per heavy atom. The van der Waals surface area contributed by atoms with E-state index < -0.39 is 0 Å². The van der Waals surface area contributed by atoms with Crippen LogP contribution in [0.2, 0.25) is 0 Å². The van der Waals surface area contributed by atoms with Crippen molar-refractivity contribution in [3.63, 3.8) is 0 Å². The molecule has 0 heterocycles. The number of carbonyl (C=O) groups excluding carboxylic acids is 1. The minimum absolute atomic E-state index is 0.0282. The Bertz CT molecular complexity index is 413. The zero-order valence-corrected chi connectivity index (χ0v) is 10.3. The van der Waals surface area contributed by atoms with Gasteiger partial charge in [-0.25, -0.2) is 0 Å². The number of rotatable bonds is 4. The average molecular weight is 232 g/mol. The highest BCUT2D eigenvalue weighted by molar-refractivity contribution is 5.76. The second-order valence-corrected chi connectivity index (χ2v) is 4.91. The lowest BCUT2D eigenvalue weighted by Crippen LogP contribution is -2.29. The molecule has 2 rings (SSSR count). The fraction of sp³-hybridized carbons (Fsp3) is 0.500. The van der Waals surface area contributed by atoms with Crippen LogP contribution in [-0.2, 0) is 24.2 Å². The van der Waals surface area contributed by atoms with Crippen molar-refractivity contribution in [2.24, 2.45) is 5.73 Å². The van der Waals surface area contributed by atoms with Gasteiger partial charge in [0.15, 0.2) is 0 Å². The van der Waals surface area contributed by atoms with Crippen LogP contribution < -0.4 is 11.1 Å². The van der Waals surface area contributed by atoms with Crippen molar-refractivity contribution in [3.05, 3.63) is 34.9 Å². The van der Waals surface area contributed by atoms with Crippen LogP contribution in [0.3, 0.4) is 0 Å². The Morgan fingerprint density at radius 2 is 2.18 bits per heavy atom. The van der Waals surface area contributed by atoms with Gasteiger partial charge >= 0.3 is 0 Å². The van der Waals surface area contributed by atoms with Gasteiger partial charge in [-0.05, 0) is 42.9 Å². The van der Waals surface area contributed by atoms with E-state index in [0.29, 0.717) is 13.0 Å². The van der Waals surface area contributed by atoms with Crippen LogP contribution in [0.25, 0.3) is 0 Å². The van der Waals surface area contributed by atoms with Crippen LogP contribution in [0.4, 0.5) is 0 Å². The summed E-state index contributed by atoms with van der Waals surface area (Å²) in [5, 5.41) is 2.90. The van der Waals surface area contributed by atoms with E-state index in [1.807, 2.05) is 6.92 Å². The number of hydrogen-bond donors (Lipinski definition) is 2. The van der Waals surface area contributed by atoms with Crippen LogP contribution >= 0.6 is 0 Å². The summed E-state index contributed by atoms with van der Waals surface area (Å²) in [6.07, 6.45) is 4.03. The van der Waals surface area contributed by atoms with E-state index in [9.17, 15) is 4.79 Å². The molecule has 3 heteroatoms. The molecule has 1 aliphatic rings. The van der Waals surface area contributed by atoms with Gasteiger partial charge in [-0.1, -0.05) is 18.2 Å². The van der Waals surface area contributed by atoms with Crippen molar-refractivity contribution >= 4 is 5.91 Å². The number of carbonyl (C=O) groups is 1. The van der Waals surface area contributed by atoms with Gasteiger partial charge in [0, 0.05) is 19.0 Å². The molecule has 0 spiro atoms. The van der Waals surface area contributed by atoms with Crippen molar-refractivity contribution in [1.29, 1.82) is 0 Å². The van der Waals surface area contributed by atoms with Gasteiger partial charge in [-0.3, -0.25) is 4.79 Å². The van der Waals surface area contributed by atoms with Crippen molar-refractivity contribution in [2.75, 3.05) is 0 Å². The first kappa shape index (κ1) is 12.1. The monoisotopic (exact) mass is 232 g/mol. The molecule has 17 heavy (non-hydrogen) atoms. The number of benzene rings is 1. The summed E-state index contributed by atoms with van der Waals surface area (Å²) < 4.78 is 0. The van der Waals surface area contributed by atoms with Gasteiger partial charge in [0.2, 0.25) is 5.91 Å². The number of aryl methyl sites for hydroxylation is 2. The molecule has 3 nitrogen and oxygen atoms in total. The second kappa shape index (κ2) is 5.32. The Morgan fingerprint density at radius 1 is 1.41 bits per heavy atom. The predicted octanol–water partition coefficient (Wildman–Crippen LogP) is 1.53. The molecule has 0 fully saturated rings. The Kier molecular flexibility index (Phi) is 3.79.